The smallest absolute Gasteiger partial charge is 0.157 e. The maximum absolute atomic E-state index is 9.17. The fraction of sp³-hybridized carbons (Fsp3) is 1.00. The first-order valence-corrected chi connectivity index (χ1v) is 4.33. The van der Waals surface area contributed by atoms with Crippen molar-refractivity contribution < 1.29 is 14.6 Å². The maximum atomic E-state index is 9.17. The fourth-order valence-electron chi connectivity index (χ4n) is 1.47. The minimum Gasteiger partial charge on any atom is -0.380 e. The van der Waals surface area contributed by atoms with Crippen LogP contribution in [0.15, 0.2) is 0 Å². The summed E-state index contributed by atoms with van der Waals surface area (Å²) in [5.74, 6) is 0. The zero-order chi connectivity index (χ0) is 8.97. The average molecular weight is 175 g/mol. The van der Waals surface area contributed by atoms with Gasteiger partial charge in [-0.15, -0.1) is 0 Å². The summed E-state index contributed by atoms with van der Waals surface area (Å²) in [6.07, 6.45) is -0.0488. The SMILES string of the molecule is CCN[C@H]1CO[C@H](O)C[C@H]1OC. The third-order valence-electron chi connectivity index (χ3n) is 2.12. The van der Waals surface area contributed by atoms with Crippen molar-refractivity contribution in [1.29, 1.82) is 0 Å². The van der Waals surface area contributed by atoms with E-state index in [1.165, 1.54) is 0 Å². The molecule has 0 radical (unpaired) electrons. The summed E-state index contributed by atoms with van der Waals surface area (Å²) in [4.78, 5) is 0. The lowest BCUT2D eigenvalue weighted by Crippen LogP contribution is -2.50. The topological polar surface area (TPSA) is 50.7 Å². The average Bonchev–Trinajstić information content (AvgIpc) is 2.08. The molecule has 1 aliphatic rings. The van der Waals surface area contributed by atoms with Crippen LogP contribution in [0.5, 0.6) is 0 Å². The van der Waals surface area contributed by atoms with Crippen molar-refractivity contribution in [2.45, 2.75) is 31.8 Å². The Morgan fingerprint density at radius 2 is 2.42 bits per heavy atom. The third-order valence-corrected chi connectivity index (χ3v) is 2.12. The van der Waals surface area contributed by atoms with E-state index in [1.54, 1.807) is 7.11 Å². The number of aliphatic hydroxyl groups excluding tert-OH is 1. The van der Waals surface area contributed by atoms with Gasteiger partial charge < -0.3 is 19.9 Å². The lowest BCUT2D eigenvalue weighted by atomic mass is 10.1. The zero-order valence-electron chi connectivity index (χ0n) is 7.62. The first kappa shape index (κ1) is 9.92. The summed E-state index contributed by atoms with van der Waals surface area (Å²) in [5, 5.41) is 12.4. The minimum absolute atomic E-state index is 0.0636. The molecule has 12 heavy (non-hydrogen) atoms. The van der Waals surface area contributed by atoms with Crippen LogP contribution >= 0.6 is 0 Å². The molecule has 0 aliphatic carbocycles. The molecule has 4 nitrogen and oxygen atoms in total. The molecule has 72 valence electrons. The number of nitrogens with one attached hydrogen (secondary N) is 1. The second kappa shape index (κ2) is 4.77. The Morgan fingerprint density at radius 1 is 1.67 bits per heavy atom. The predicted molar refractivity (Wildman–Crippen MR) is 44.8 cm³/mol. The van der Waals surface area contributed by atoms with Crippen molar-refractivity contribution in [3.63, 3.8) is 0 Å². The van der Waals surface area contributed by atoms with E-state index in [9.17, 15) is 0 Å². The molecule has 3 atom stereocenters. The van der Waals surface area contributed by atoms with E-state index in [4.69, 9.17) is 14.6 Å². The van der Waals surface area contributed by atoms with Gasteiger partial charge in [-0.1, -0.05) is 6.92 Å². The van der Waals surface area contributed by atoms with E-state index < -0.39 is 6.29 Å². The van der Waals surface area contributed by atoms with Crippen LogP contribution in [0, 0.1) is 0 Å². The molecule has 0 unspecified atom stereocenters. The highest BCUT2D eigenvalue weighted by molar-refractivity contribution is 4.80. The Labute approximate surface area is 72.9 Å². The van der Waals surface area contributed by atoms with Gasteiger partial charge in [0, 0.05) is 13.5 Å². The molecule has 0 spiro atoms. The number of aliphatic hydroxyl groups is 1. The molecular formula is C8H17NO3. The van der Waals surface area contributed by atoms with E-state index in [2.05, 4.69) is 5.32 Å². The number of ether oxygens (including phenoxy) is 2. The number of hydrogen-bond donors (Lipinski definition) is 2. The van der Waals surface area contributed by atoms with Crippen LogP contribution in [-0.4, -0.2) is 43.8 Å². The molecule has 1 rings (SSSR count). The molecule has 1 heterocycles. The Balaban J connectivity index is 2.39. The van der Waals surface area contributed by atoms with E-state index in [0.29, 0.717) is 13.0 Å². The first-order valence-electron chi connectivity index (χ1n) is 4.33. The Bertz CT molecular complexity index is 131. The summed E-state index contributed by atoms with van der Waals surface area (Å²) in [7, 11) is 1.66. The Kier molecular flexibility index (Phi) is 3.94. The summed E-state index contributed by atoms with van der Waals surface area (Å²) < 4.78 is 10.3. The van der Waals surface area contributed by atoms with Crippen LogP contribution in [0.3, 0.4) is 0 Å². The molecule has 1 saturated heterocycles. The summed E-state index contributed by atoms with van der Waals surface area (Å²) in [6.45, 7) is 3.45. The Hall–Kier alpha value is -0.160. The first-order chi connectivity index (χ1) is 5.77. The van der Waals surface area contributed by atoms with Crippen molar-refractivity contribution in [3.8, 4) is 0 Å². The second-order valence-electron chi connectivity index (χ2n) is 2.96. The van der Waals surface area contributed by atoms with Gasteiger partial charge >= 0.3 is 0 Å². The van der Waals surface area contributed by atoms with E-state index in [1.807, 2.05) is 6.92 Å². The van der Waals surface area contributed by atoms with Crippen LogP contribution in [0.25, 0.3) is 0 Å². The van der Waals surface area contributed by atoms with Crippen molar-refractivity contribution in [2.75, 3.05) is 20.3 Å². The van der Waals surface area contributed by atoms with Crippen molar-refractivity contribution >= 4 is 0 Å². The van der Waals surface area contributed by atoms with Crippen LogP contribution < -0.4 is 5.32 Å². The van der Waals surface area contributed by atoms with Gasteiger partial charge in [0.1, 0.15) is 0 Å². The molecule has 0 amide bonds. The van der Waals surface area contributed by atoms with Gasteiger partial charge in [-0.05, 0) is 6.54 Å². The van der Waals surface area contributed by atoms with Gasteiger partial charge in [0.25, 0.3) is 0 Å². The summed E-state index contributed by atoms with van der Waals surface area (Å²) in [5.41, 5.74) is 0. The van der Waals surface area contributed by atoms with Gasteiger partial charge in [-0.2, -0.15) is 0 Å². The quantitative estimate of drug-likeness (QED) is 0.619. The van der Waals surface area contributed by atoms with Gasteiger partial charge in [0.2, 0.25) is 0 Å². The van der Waals surface area contributed by atoms with Crippen molar-refractivity contribution in [1.82, 2.24) is 5.32 Å². The standard InChI is InChI=1S/C8H17NO3/c1-3-9-6-5-12-8(10)4-7(6)11-2/h6-10H,3-5H2,1-2H3/t6-,7+,8-/m0/s1. The molecule has 0 aromatic rings. The largest absolute Gasteiger partial charge is 0.380 e. The molecule has 0 saturated carbocycles. The summed E-state index contributed by atoms with van der Waals surface area (Å²) >= 11 is 0. The molecule has 0 aromatic heterocycles. The van der Waals surface area contributed by atoms with E-state index in [0.717, 1.165) is 6.54 Å². The van der Waals surface area contributed by atoms with Gasteiger partial charge in [-0.25, -0.2) is 0 Å². The van der Waals surface area contributed by atoms with E-state index >= 15 is 0 Å². The van der Waals surface area contributed by atoms with Crippen LogP contribution in [0.4, 0.5) is 0 Å². The van der Waals surface area contributed by atoms with Crippen LogP contribution in [0.2, 0.25) is 0 Å². The normalized spacial score (nSPS) is 36.8. The number of rotatable bonds is 3. The number of hydrogen-bond acceptors (Lipinski definition) is 4. The van der Waals surface area contributed by atoms with Crippen LogP contribution in [0.1, 0.15) is 13.3 Å². The van der Waals surface area contributed by atoms with Gasteiger partial charge in [0.15, 0.2) is 6.29 Å². The maximum Gasteiger partial charge on any atom is 0.157 e. The van der Waals surface area contributed by atoms with Crippen molar-refractivity contribution in [3.05, 3.63) is 0 Å². The third kappa shape index (κ3) is 2.42. The molecule has 1 fully saturated rings. The van der Waals surface area contributed by atoms with Crippen molar-refractivity contribution in [2.24, 2.45) is 0 Å². The highest BCUT2D eigenvalue weighted by atomic mass is 16.6. The van der Waals surface area contributed by atoms with Gasteiger partial charge in [0.05, 0.1) is 18.8 Å². The number of methoxy groups -OCH3 is 1. The molecule has 0 bridgehead atoms. The highest BCUT2D eigenvalue weighted by Crippen LogP contribution is 2.14. The lowest BCUT2D eigenvalue weighted by molar-refractivity contribution is -0.169. The molecular weight excluding hydrogens is 158 g/mol. The Morgan fingerprint density at radius 3 is 3.00 bits per heavy atom. The fourth-order valence-corrected chi connectivity index (χ4v) is 1.47. The monoisotopic (exact) mass is 175 g/mol. The highest BCUT2D eigenvalue weighted by Gasteiger charge is 2.29. The minimum atomic E-state index is -0.662. The zero-order valence-corrected chi connectivity index (χ0v) is 7.62. The van der Waals surface area contributed by atoms with Gasteiger partial charge in [-0.3, -0.25) is 0 Å². The molecule has 0 aromatic carbocycles. The van der Waals surface area contributed by atoms with E-state index in [-0.39, 0.29) is 12.1 Å². The van der Waals surface area contributed by atoms with Crippen LogP contribution in [-0.2, 0) is 9.47 Å². The predicted octanol–water partition coefficient (Wildman–Crippen LogP) is -0.282. The summed E-state index contributed by atoms with van der Waals surface area (Å²) in [6, 6.07) is 0.211. The molecule has 1 aliphatic heterocycles. The molecule has 2 N–H and O–H groups in total. The molecule has 4 heteroatoms. The number of likely N-dealkylation sites (N-methyl/N-ethyl adjacent to an activating group) is 1. The lowest BCUT2D eigenvalue weighted by Gasteiger charge is -2.33. The second-order valence-corrected chi connectivity index (χ2v) is 2.96.